The van der Waals surface area contributed by atoms with Crippen molar-refractivity contribution in [2.24, 2.45) is 0 Å². The standard InChI is InChI=1S/C24H22N2O2/c27-24(17-28-19-11-5-2-6-12-19)26-15-21(18-9-3-1-4-10-18)22-16-25-23-14-8-7-13-20(22)23/h1-14,16,21,25H,15,17H2,(H,26,27). The van der Waals surface area contributed by atoms with Crippen LogP contribution in [0.5, 0.6) is 5.75 Å². The molecular formula is C24H22N2O2. The molecule has 0 spiro atoms. The summed E-state index contributed by atoms with van der Waals surface area (Å²) in [6.45, 7) is 0.502. The molecule has 1 amide bonds. The molecule has 4 aromatic rings. The van der Waals surface area contributed by atoms with E-state index in [9.17, 15) is 4.79 Å². The lowest BCUT2D eigenvalue weighted by Crippen LogP contribution is -2.32. The summed E-state index contributed by atoms with van der Waals surface area (Å²) in [5, 5.41) is 4.20. The average molecular weight is 370 g/mol. The summed E-state index contributed by atoms with van der Waals surface area (Å²) in [6.07, 6.45) is 2.04. The summed E-state index contributed by atoms with van der Waals surface area (Å²) in [6, 6.07) is 27.8. The SMILES string of the molecule is O=C(COc1ccccc1)NCC(c1ccccc1)c1c[nH]c2ccccc12. The highest BCUT2D eigenvalue weighted by molar-refractivity contribution is 5.84. The van der Waals surface area contributed by atoms with E-state index >= 15 is 0 Å². The molecule has 0 bridgehead atoms. The van der Waals surface area contributed by atoms with Crippen LogP contribution in [0.25, 0.3) is 10.9 Å². The highest BCUT2D eigenvalue weighted by Crippen LogP contribution is 2.30. The van der Waals surface area contributed by atoms with Crippen LogP contribution in [-0.4, -0.2) is 24.0 Å². The van der Waals surface area contributed by atoms with Gasteiger partial charge >= 0.3 is 0 Å². The number of H-pyrrole nitrogens is 1. The van der Waals surface area contributed by atoms with Crippen LogP contribution in [0.15, 0.2) is 91.1 Å². The molecule has 0 fully saturated rings. The number of rotatable bonds is 7. The van der Waals surface area contributed by atoms with Crippen LogP contribution >= 0.6 is 0 Å². The first-order valence-corrected chi connectivity index (χ1v) is 9.37. The van der Waals surface area contributed by atoms with Gasteiger partial charge in [-0.05, 0) is 29.3 Å². The molecule has 0 saturated carbocycles. The van der Waals surface area contributed by atoms with Crippen LogP contribution < -0.4 is 10.1 Å². The van der Waals surface area contributed by atoms with E-state index in [1.54, 1.807) is 0 Å². The molecule has 140 valence electrons. The molecular weight excluding hydrogens is 348 g/mol. The zero-order chi connectivity index (χ0) is 19.2. The molecule has 0 aliphatic rings. The van der Waals surface area contributed by atoms with Crippen LogP contribution in [0.2, 0.25) is 0 Å². The van der Waals surface area contributed by atoms with Crippen molar-refractivity contribution in [2.75, 3.05) is 13.2 Å². The molecule has 2 N–H and O–H groups in total. The van der Waals surface area contributed by atoms with E-state index in [1.165, 1.54) is 10.9 Å². The van der Waals surface area contributed by atoms with Gasteiger partial charge in [0, 0.05) is 29.6 Å². The molecule has 0 aliphatic heterocycles. The second-order valence-electron chi connectivity index (χ2n) is 6.66. The molecule has 1 aromatic heterocycles. The van der Waals surface area contributed by atoms with Gasteiger partial charge in [0.1, 0.15) is 5.75 Å². The Morgan fingerprint density at radius 3 is 2.36 bits per heavy atom. The summed E-state index contributed by atoms with van der Waals surface area (Å²) in [5.74, 6) is 0.608. The summed E-state index contributed by atoms with van der Waals surface area (Å²) >= 11 is 0. The van der Waals surface area contributed by atoms with Crippen LogP contribution in [0.4, 0.5) is 0 Å². The fourth-order valence-electron chi connectivity index (χ4n) is 3.41. The number of carbonyl (C=O) groups excluding carboxylic acids is 1. The van der Waals surface area contributed by atoms with Gasteiger partial charge < -0.3 is 15.0 Å². The maximum Gasteiger partial charge on any atom is 0.257 e. The topological polar surface area (TPSA) is 54.1 Å². The van der Waals surface area contributed by atoms with Crippen molar-refractivity contribution in [3.8, 4) is 5.75 Å². The quantitative estimate of drug-likeness (QED) is 0.503. The summed E-state index contributed by atoms with van der Waals surface area (Å²) in [4.78, 5) is 15.7. The molecule has 0 radical (unpaired) electrons. The van der Waals surface area contributed by atoms with Gasteiger partial charge in [0.05, 0.1) is 0 Å². The van der Waals surface area contributed by atoms with E-state index in [1.807, 2.05) is 66.9 Å². The van der Waals surface area contributed by atoms with Crippen LogP contribution in [0.3, 0.4) is 0 Å². The van der Waals surface area contributed by atoms with E-state index in [0.29, 0.717) is 12.3 Å². The first-order chi connectivity index (χ1) is 13.8. The Kier molecular flexibility index (Phi) is 5.38. The Hall–Kier alpha value is -3.53. The van der Waals surface area contributed by atoms with E-state index in [4.69, 9.17) is 4.74 Å². The van der Waals surface area contributed by atoms with Gasteiger partial charge in [-0.25, -0.2) is 0 Å². The number of para-hydroxylation sites is 2. The number of aromatic nitrogens is 1. The van der Waals surface area contributed by atoms with Gasteiger partial charge in [0.2, 0.25) is 0 Å². The van der Waals surface area contributed by atoms with E-state index in [0.717, 1.165) is 11.1 Å². The van der Waals surface area contributed by atoms with E-state index < -0.39 is 0 Å². The second kappa shape index (κ2) is 8.44. The first-order valence-electron chi connectivity index (χ1n) is 9.37. The lowest BCUT2D eigenvalue weighted by Gasteiger charge is -2.18. The highest BCUT2D eigenvalue weighted by Gasteiger charge is 2.19. The molecule has 28 heavy (non-hydrogen) atoms. The lowest BCUT2D eigenvalue weighted by atomic mass is 9.91. The van der Waals surface area contributed by atoms with Crippen molar-refractivity contribution < 1.29 is 9.53 Å². The molecule has 1 unspecified atom stereocenters. The van der Waals surface area contributed by atoms with Crippen LogP contribution in [0, 0.1) is 0 Å². The summed E-state index contributed by atoms with van der Waals surface area (Å²) in [5.41, 5.74) is 3.43. The number of fused-ring (bicyclic) bond motifs is 1. The lowest BCUT2D eigenvalue weighted by molar-refractivity contribution is -0.123. The molecule has 0 saturated heterocycles. The largest absolute Gasteiger partial charge is 0.484 e. The number of hydrogen-bond acceptors (Lipinski definition) is 2. The molecule has 3 aromatic carbocycles. The summed E-state index contributed by atoms with van der Waals surface area (Å²) in [7, 11) is 0. The van der Waals surface area contributed by atoms with Crippen molar-refractivity contribution in [1.82, 2.24) is 10.3 Å². The number of benzene rings is 3. The number of amides is 1. The smallest absolute Gasteiger partial charge is 0.257 e. The maximum absolute atomic E-state index is 12.3. The predicted molar refractivity (Wildman–Crippen MR) is 112 cm³/mol. The minimum Gasteiger partial charge on any atom is -0.484 e. The zero-order valence-corrected chi connectivity index (χ0v) is 15.5. The zero-order valence-electron chi connectivity index (χ0n) is 15.5. The third-order valence-electron chi connectivity index (χ3n) is 4.82. The fraction of sp³-hybridized carbons (Fsp3) is 0.125. The molecule has 4 heteroatoms. The molecule has 1 heterocycles. The van der Waals surface area contributed by atoms with Crippen molar-refractivity contribution in [3.05, 3.63) is 102 Å². The van der Waals surface area contributed by atoms with Gasteiger partial charge in [-0.15, -0.1) is 0 Å². The van der Waals surface area contributed by atoms with Gasteiger partial charge in [-0.1, -0.05) is 66.7 Å². The Bertz CT molecular complexity index is 1040. The number of hydrogen-bond donors (Lipinski definition) is 2. The Morgan fingerprint density at radius 2 is 1.57 bits per heavy atom. The van der Waals surface area contributed by atoms with Gasteiger partial charge in [0.15, 0.2) is 6.61 Å². The Labute approximate surface area is 164 Å². The van der Waals surface area contributed by atoms with Crippen molar-refractivity contribution >= 4 is 16.8 Å². The molecule has 0 aliphatic carbocycles. The monoisotopic (exact) mass is 370 g/mol. The average Bonchev–Trinajstić information content (AvgIpc) is 3.18. The van der Waals surface area contributed by atoms with Crippen molar-refractivity contribution in [3.63, 3.8) is 0 Å². The Morgan fingerprint density at radius 1 is 0.893 bits per heavy atom. The fourth-order valence-corrected chi connectivity index (χ4v) is 3.41. The molecule has 4 nitrogen and oxygen atoms in total. The van der Waals surface area contributed by atoms with Gasteiger partial charge in [-0.2, -0.15) is 0 Å². The molecule has 4 rings (SSSR count). The molecule has 1 atom stereocenters. The minimum absolute atomic E-state index is 0.000588. The third-order valence-corrected chi connectivity index (χ3v) is 4.82. The van der Waals surface area contributed by atoms with E-state index in [2.05, 4.69) is 34.6 Å². The van der Waals surface area contributed by atoms with E-state index in [-0.39, 0.29) is 18.4 Å². The minimum atomic E-state index is -0.135. The van der Waals surface area contributed by atoms with Gasteiger partial charge in [0.25, 0.3) is 5.91 Å². The first kappa shape index (κ1) is 17.9. The predicted octanol–water partition coefficient (Wildman–Crippen LogP) is 4.50. The number of nitrogens with one attached hydrogen (secondary N) is 2. The van der Waals surface area contributed by atoms with Crippen molar-refractivity contribution in [1.29, 1.82) is 0 Å². The highest BCUT2D eigenvalue weighted by atomic mass is 16.5. The van der Waals surface area contributed by atoms with Crippen molar-refractivity contribution in [2.45, 2.75) is 5.92 Å². The number of aromatic amines is 1. The second-order valence-corrected chi connectivity index (χ2v) is 6.66. The van der Waals surface area contributed by atoms with Crippen LogP contribution in [0.1, 0.15) is 17.0 Å². The summed E-state index contributed by atoms with van der Waals surface area (Å²) < 4.78 is 5.55. The maximum atomic E-state index is 12.3. The third kappa shape index (κ3) is 4.07. The normalized spacial score (nSPS) is 11.9. The number of ether oxygens (including phenoxy) is 1. The Balaban J connectivity index is 1.49. The number of carbonyl (C=O) groups is 1. The van der Waals surface area contributed by atoms with Gasteiger partial charge in [-0.3, -0.25) is 4.79 Å². The van der Waals surface area contributed by atoms with Crippen LogP contribution in [-0.2, 0) is 4.79 Å².